The highest BCUT2D eigenvalue weighted by atomic mass is 19.1. The van der Waals surface area contributed by atoms with E-state index in [9.17, 15) is 9.18 Å². The molecule has 1 amide bonds. The number of benzene rings is 2. The molecule has 0 aliphatic carbocycles. The Hall–Kier alpha value is -3.19. The van der Waals surface area contributed by atoms with Crippen LogP contribution >= 0.6 is 0 Å². The zero-order chi connectivity index (χ0) is 22.8. The number of likely N-dealkylation sites (N-methyl/N-ethyl adjacent to an activating group) is 1. The fourth-order valence-corrected chi connectivity index (χ4v) is 4.91. The standard InChI is InChI=1S/C26H30FN5O/c1-2-29-11-13-31(14-12-29)25-21-8-4-3-7-20(21)22(19-28-25)26(33)32-17-15-30(16-18-32)24-10-6-5-9-23(24)27/h3-10,19H,2,11-18H2,1H3. The fourth-order valence-electron chi connectivity index (χ4n) is 4.91. The molecule has 2 aliphatic rings. The SMILES string of the molecule is CCN1CCN(c2ncc(C(=O)N3CCN(c4ccccc4F)CC3)c3ccccc23)CC1. The second kappa shape index (κ2) is 9.35. The van der Waals surface area contributed by atoms with Crippen LogP contribution in [0.5, 0.6) is 0 Å². The minimum atomic E-state index is -0.220. The van der Waals surface area contributed by atoms with Crippen LogP contribution in [0.3, 0.4) is 0 Å². The summed E-state index contributed by atoms with van der Waals surface area (Å²) in [6.07, 6.45) is 1.75. The van der Waals surface area contributed by atoms with E-state index in [1.54, 1.807) is 18.3 Å². The van der Waals surface area contributed by atoms with E-state index in [0.29, 0.717) is 37.4 Å². The summed E-state index contributed by atoms with van der Waals surface area (Å²) in [4.78, 5) is 26.9. The molecule has 3 heterocycles. The molecule has 2 fully saturated rings. The highest BCUT2D eigenvalue weighted by Crippen LogP contribution is 2.29. The van der Waals surface area contributed by atoms with E-state index in [2.05, 4.69) is 22.8 Å². The second-order valence-electron chi connectivity index (χ2n) is 8.69. The first-order chi connectivity index (χ1) is 16.2. The van der Waals surface area contributed by atoms with Crippen LogP contribution in [-0.4, -0.2) is 79.6 Å². The number of para-hydroxylation sites is 1. The van der Waals surface area contributed by atoms with Crippen molar-refractivity contribution in [2.24, 2.45) is 0 Å². The third-order valence-corrected chi connectivity index (χ3v) is 6.88. The zero-order valence-electron chi connectivity index (χ0n) is 19.1. The van der Waals surface area contributed by atoms with E-state index in [1.807, 2.05) is 34.1 Å². The molecule has 0 spiro atoms. The number of aromatic nitrogens is 1. The van der Waals surface area contributed by atoms with Crippen LogP contribution in [0.15, 0.2) is 54.7 Å². The van der Waals surface area contributed by atoms with Gasteiger partial charge in [0, 0.05) is 63.9 Å². The van der Waals surface area contributed by atoms with Crippen molar-refractivity contribution in [3.63, 3.8) is 0 Å². The first-order valence-corrected chi connectivity index (χ1v) is 11.8. The number of piperazine rings is 2. The van der Waals surface area contributed by atoms with Gasteiger partial charge in [-0.15, -0.1) is 0 Å². The number of fused-ring (bicyclic) bond motifs is 1. The Morgan fingerprint density at radius 1 is 0.848 bits per heavy atom. The van der Waals surface area contributed by atoms with Gasteiger partial charge in [-0.2, -0.15) is 0 Å². The maximum absolute atomic E-state index is 14.2. The van der Waals surface area contributed by atoms with Gasteiger partial charge in [-0.05, 0) is 24.1 Å². The van der Waals surface area contributed by atoms with Gasteiger partial charge in [0.05, 0.1) is 11.3 Å². The molecule has 0 bridgehead atoms. The number of pyridine rings is 1. The molecule has 3 aromatic rings. The van der Waals surface area contributed by atoms with Crippen LogP contribution in [0, 0.1) is 5.82 Å². The highest BCUT2D eigenvalue weighted by Gasteiger charge is 2.26. The number of rotatable bonds is 4. The lowest BCUT2D eigenvalue weighted by molar-refractivity contribution is 0.0748. The van der Waals surface area contributed by atoms with Crippen LogP contribution < -0.4 is 9.80 Å². The molecule has 0 atom stereocenters. The number of hydrogen-bond acceptors (Lipinski definition) is 5. The molecule has 2 aliphatic heterocycles. The quantitative estimate of drug-likeness (QED) is 0.613. The number of carbonyl (C=O) groups is 1. The lowest BCUT2D eigenvalue weighted by atomic mass is 10.0. The van der Waals surface area contributed by atoms with Crippen molar-refractivity contribution in [2.45, 2.75) is 6.92 Å². The van der Waals surface area contributed by atoms with E-state index in [0.717, 1.165) is 49.3 Å². The summed E-state index contributed by atoms with van der Waals surface area (Å²) >= 11 is 0. The zero-order valence-corrected chi connectivity index (χ0v) is 19.1. The third-order valence-electron chi connectivity index (χ3n) is 6.88. The van der Waals surface area contributed by atoms with Crippen LogP contribution in [-0.2, 0) is 0 Å². The van der Waals surface area contributed by atoms with Crippen molar-refractivity contribution >= 4 is 28.2 Å². The van der Waals surface area contributed by atoms with Gasteiger partial charge in [0.2, 0.25) is 0 Å². The minimum Gasteiger partial charge on any atom is -0.366 e. The number of halogens is 1. The molecule has 5 rings (SSSR count). The molecule has 6 nitrogen and oxygen atoms in total. The molecule has 0 saturated carbocycles. The van der Waals surface area contributed by atoms with E-state index in [4.69, 9.17) is 4.98 Å². The molecular weight excluding hydrogens is 417 g/mol. The normalized spacial score (nSPS) is 17.6. The minimum absolute atomic E-state index is 0.00534. The lowest BCUT2D eigenvalue weighted by Crippen LogP contribution is -2.49. The van der Waals surface area contributed by atoms with E-state index in [1.165, 1.54) is 6.07 Å². The Labute approximate surface area is 194 Å². The Balaban J connectivity index is 1.35. The molecule has 2 saturated heterocycles. The fraction of sp³-hybridized carbons (Fsp3) is 0.385. The molecule has 0 unspecified atom stereocenters. The molecule has 0 N–H and O–H groups in total. The van der Waals surface area contributed by atoms with Crippen LogP contribution in [0.2, 0.25) is 0 Å². The molecule has 33 heavy (non-hydrogen) atoms. The predicted molar refractivity (Wildman–Crippen MR) is 131 cm³/mol. The highest BCUT2D eigenvalue weighted by molar-refractivity contribution is 6.09. The molecule has 7 heteroatoms. The largest absolute Gasteiger partial charge is 0.366 e. The van der Waals surface area contributed by atoms with Gasteiger partial charge in [-0.25, -0.2) is 9.37 Å². The van der Waals surface area contributed by atoms with Gasteiger partial charge < -0.3 is 19.6 Å². The summed E-state index contributed by atoms with van der Waals surface area (Å²) in [7, 11) is 0. The molecule has 1 aromatic heterocycles. The third kappa shape index (κ3) is 4.25. The Morgan fingerprint density at radius 3 is 2.18 bits per heavy atom. The number of amides is 1. The predicted octanol–water partition coefficient (Wildman–Crippen LogP) is 3.48. The van der Waals surface area contributed by atoms with Crippen LogP contribution in [0.1, 0.15) is 17.3 Å². The average Bonchev–Trinajstić information content (AvgIpc) is 2.88. The van der Waals surface area contributed by atoms with E-state index < -0.39 is 0 Å². The van der Waals surface area contributed by atoms with Gasteiger partial charge in [0.15, 0.2) is 0 Å². The van der Waals surface area contributed by atoms with Gasteiger partial charge in [0.25, 0.3) is 5.91 Å². The maximum atomic E-state index is 14.2. The molecule has 2 aromatic carbocycles. The summed E-state index contributed by atoms with van der Waals surface area (Å²) in [6.45, 7) is 9.53. The van der Waals surface area contributed by atoms with Gasteiger partial charge in [-0.3, -0.25) is 4.79 Å². The Bertz CT molecular complexity index is 1140. The Kier molecular flexibility index (Phi) is 6.13. The number of nitrogens with zero attached hydrogens (tertiary/aromatic N) is 5. The summed E-state index contributed by atoms with van der Waals surface area (Å²) in [5.41, 5.74) is 1.24. The Morgan fingerprint density at radius 2 is 1.48 bits per heavy atom. The van der Waals surface area contributed by atoms with Crippen LogP contribution in [0.4, 0.5) is 15.9 Å². The van der Waals surface area contributed by atoms with E-state index in [-0.39, 0.29) is 11.7 Å². The number of hydrogen-bond donors (Lipinski definition) is 0. The van der Waals surface area contributed by atoms with Gasteiger partial charge >= 0.3 is 0 Å². The van der Waals surface area contributed by atoms with Crippen molar-refractivity contribution < 1.29 is 9.18 Å². The first-order valence-electron chi connectivity index (χ1n) is 11.8. The summed E-state index contributed by atoms with van der Waals surface area (Å²) < 4.78 is 14.2. The average molecular weight is 448 g/mol. The van der Waals surface area contributed by atoms with Crippen molar-refractivity contribution in [1.29, 1.82) is 0 Å². The molecular formula is C26H30FN5O. The van der Waals surface area contributed by atoms with Crippen molar-refractivity contribution in [3.8, 4) is 0 Å². The van der Waals surface area contributed by atoms with Crippen molar-refractivity contribution in [1.82, 2.24) is 14.8 Å². The number of carbonyl (C=O) groups excluding carboxylic acids is 1. The molecule has 0 radical (unpaired) electrons. The maximum Gasteiger partial charge on any atom is 0.256 e. The number of anilines is 2. The van der Waals surface area contributed by atoms with Crippen LogP contribution in [0.25, 0.3) is 10.8 Å². The first kappa shape index (κ1) is 21.6. The van der Waals surface area contributed by atoms with E-state index >= 15 is 0 Å². The van der Waals surface area contributed by atoms with Crippen molar-refractivity contribution in [3.05, 3.63) is 66.1 Å². The summed E-state index contributed by atoms with van der Waals surface area (Å²) in [6, 6.07) is 14.9. The second-order valence-corrected chi connectivity index (χ2v) is 8.69. The monoisotopic (exact) mass is 447 g/mol. The summed E-state index contributed by atoms with van der Waals surface area (Å²) in [5, 5.41) is 1.97. The molecule has 172 valence electrons. The van der Waals surface area contributed by atoms with Gasteiger partial charge in [-0.1, -0.05) is 43.3 Å². The summed E-state index contributed by atoms with van der Waals surface area (Å²) in [5.74, 6) is 0.736. The van der Waals surface area contributed by atoms with Gasteiger partial charge in [0.1, 0.15) is 11.6 Å². The van der Waals surface area contributed by atoms with Crippen molar-refractivity contribution in [2.75, 3.05) is 68.7 Å². The smallest absolute Gasteiger partial charge is 0.256 e. The lowest BCUT2D eigenvalue weighted by Gasteiger charge is -2.37. The topological polar surface area (TPSA) is 42.9 Å².